The van der Waals surface area contributed by atoms with E-state index in [1.807, 2.05) is 0 Å². The summed E-state index contributed by atoms with van der Waals surface area (Å²) in [4.78, 5) is 23.8. The molecular weight excluding hydrogens is 364 g/mol. The summed E-state index contributed by atoms with van der Waals surface area (Å²) in [5.74, 6) is -1.08. The van der Waals surface area contributed by atoms with Crippen molar-refractivity contribution in [3.8, 4) is 0 Å². The Morgan fingerprint density at radius 1 is 0.793 bits per heavy atom. The number of carbonyl (C=O) groups is 2. The van der Waals surface area contributed by atoms with Crippen LogP contribution in [-0.4, -0.2) is 24.1 Å². The maximum absolute atomic E-state index is 12.3. The summed E-state index contributed by atoms with van der Waals surface area (Å²) in [7, 11) is 0. The quantitative estimate of drug-likeness (QED) is 0.123. The third kappa shape index (κ3) is 14.1. The van der Waals surface area contributed by atoms with Gasteiger partial charge in [-0.25, -0.2) is 4.79 Å². The molecular formula is C25H44O4. The van der Waals surface area contributed by atoms with Gasteiger partial charge in [0.05, 0.1) is 0 Å². The van der Waals surface area contributed by atoms with Crippen LogP contribution in [0.2, 0.25) is 0 Å². The molecule has 0 aliphatic rings. The van der Waals surface area contributed by atoms with Gasteiger partial charge in [-0.1, -0.05) is 110 Å². The zero-order valence-electron chi connectivity index (χ0n) is 19.0. The second-order valence-corrected chi connectivity index (χ2v) is 7.92. The van der Waals surface area contributed by atoms with E-state index in [0.717, 1.165) is 19.3 Å². The third-order valence-corrected chi connectivity index (χ3v) is 5.24. The lowest BCUT2D eigenvalue weighted by atomic mass is 9.95. The Morgan fingerprint density at radius 3 is 1.62 bits per heavy atom. The molecule has 0 saturated carbocycles. The molecule has 0 bridgehead atoms. The van der Waals surface area contributed by atoms with Crippen molar-refractivity contribution in [1.82, 2.24) is 0 Å². The summed E-state index contributed by atoms with van der Waals surface area (Å²) in [5.41, 5.74) is -1.38. The molecule has 0 spiro atoms. The van der Waals surface area contributed by atoms with Gasteiger partial charge in [-0.15, -0.1) is 0 Å². The lowest BCUT2D eigenvalue weighted by Crippen LogP contribution is -2.42. The van der Waals surface area contributed by atoms with E-state index in [0.29, 0.717) is 6.42 Å². The molecule has 0 amide bonds. The van der Waals surface area contributed by atoms with Crippen LogP contribution in [0.3, 0.4) is 0 Å². The molecule has 0 N–H and O–H groups in total. The molecule has 0 aliphatic heterocycles. The largest absolute Gasteiger partial charge is 0.458 e. The Kier molecular flexibility index (Phi) is 17.4. The van der Waals surface area contributed by atoms with Crippen LogP contribution < -0.4 is 0 Å². The molecule has 0 aromatic heterocycles. The molecule has 0 aliphatic carbocycles. The summed E-state index contributed by atoms with van der Waals surface area (Å²) >= 11 is 0. The van der Waals surface area contributed by atoms with Crippen molar-refractivity contribution < 1.29 is 19.1 Å². The second kappa shape index (κ2) is 18.4. The SMILES string of the molecule is C=CCOC(=O)C(C=C)(CCCCCCCCCCCCCCCC)OC(C)=O. The summed E-state index contributed by atoms with van der Waals surface area (Å²) < 4.78 is 10.4. The van der Waals surface area contributed by atoms with Gasteiger partial charge in [0.25, 0.3) is 0 Å². The Labute approximate surface area is 179 Å². The summed E-state index contributed by atoms with van der Waals surface area (Å²) in [6.45, 7) is 10.9. The van der Waals surface area contributed by atoms with E-state index in [2.05, 4.69) is 20.1 Å². The van der Waals surface area contributed by atoms with Gasteiger partial charge in [-0.05, 0) is 12.5 Å². The van der Waals surface area contributed by atoms with Crippen molar-refractivity contribution in [1.29, 1.82) is 0 Å². The Balaban J connectivity index is 3.90. The standard InChI is InChI=1S/C25H44O4/c1-5-8-9-10-11-12-13-14-15-16-17-18-19-20-21-25(7-3,29-23(4)26)24(27)28-22-6-2/h6-7H,2-3,5,8-22H2,1,4H3. The second-order valence-electron chi connectivity index (χ2n) is 7.92. The van der Waals surface area contributed by atoms with Crippen LogP contribution in [0.25, 0.3) is 0 Å². The fourth-order valence-electron chi connectivity index (χ4n) is 3.52. The van der Waals surface area contributed by atoms with E-state index in [9.17, 15) is 9.59 Å². The lowest BCUT2D eigenvalue weighted by molar-refractivity contribution is -0.175. The number of rotatable bonds is 20. The number of hydrogen-bond donors (Lipinski definition) is 0. The number of unbranched alkanes of at least 4 members (excludes halogenated alkanes) is 13. The fraction of sp³-hybridized carbons (Fsp3) is 0.760. The molecule has 4 nitrogen and oxygen atoms in total. The molecule has 4 heteroatoms. The van der Waals surface area contributed by atoms with Crippen LogP contribution in [0.5, 0.6) is 0 Å². The van der Waals surface area contributed by atoms with Crippen molar-refractivity contribution in [3.05, 3.63) is 25.3 Å². The van der Waals surface area contributed by atoms with Crippen LogP contribution in [0.15, 0.2) is 25.3 Å². The first kappa shape index (κ1) is 27.4. The van der Waals surface area contributed by atoms with Gasteiger partial charge in [0.15, 0.2) is 0 Å². The zero-order chi connectivity index (χ0) is 21.8. The Bertz CT molecular complexity index is 458. The highest BCUT2D eigenvalue weighted by molar-refractivity contribution is 5.85. The monoisotopic (exact) mass is 408 g/mol. The normalized spacial score (nSPS) is 12.8. The van der Waals surface area contributed by atoms with Gasteiger partial charge in [0, 0.05) is 13.3 Å². The maximum atomic E-state index is 12.3. The summed E-state index contributed by atoms with van der Waals surface area (Å²) in [6.07, 6.45) is 21.0. The molecule has 0 aromatic carbocycles. The molecule has 1 atom stereocenters. The smallest absolute Gasteiger partial charge is 0.355 e. The van der Waals surface area contributed by atoms with Gasteiger partial charge >= 0.3 is 11.9 Å². The fourth-order valence-corrected chi connectivity index (χ4v) is 3.52. The molecule has 29 heavy (non-hydrogen) atoms. The van der Waals surface area contributed by atoms with Gasteiger partial charge in [0.2, 0.25) is 5.60 Å². The molecule has 0 saturated heterocycles. The van der Waals surface area contributed by atoms with E-state index in [4.69, 9.17) is 9.47 Å². The summed E-state index contributed by atoms with van der Waals surface area (Å²) in [5, 5.41) is 0. The average Bonchev–Trinajstić information content (AvgIpc) is 2.70. The minimum Gasteiger partial charge on any atom is -0.458 e. The van der Waals surface area contributed by atoms with Crippen molar-refractivity contribution in [2.45, 2.75) is 116 Å². The summed E-state index contributed by atoms with van der Waals surface area (Å²) in [6, 6.07) is 0. The number of esters is 2. The van der Waals surface area contributed by atoms with Crippen LogP contribution >= 0.6 is 0 Å². The van der Waals surface area contributed by atoms with Crippen molar-refractivity contribution in [2.24, 2.45) is 0 Å². The van der Waals surface area contributed by atoms with Crippen molar-refractivity contribution in [2.75, 3.05) is 6.61 Å². The molecule has 0 radical (unpaired) electrons. The topological polar surface area (TPSA) is 52.6 Å². The molecule has 0 fully saturated rings. The first-order valence-electron chi connectivity index (χ1n) is 11.6. The van der Waals surface area contributed by atoms with Crippen molar-refractivity contribution >= 4 is 11.9 Å². The highest BCUT2D eigenvalue weighted by atomic mass is 16.6. The van der Waals surface area contributed by atoms with Gasteiger partial charge in [0.1, 0.15) is 6.61 Å². The van der Waals surface area contributed by atoms with E-state index in [1.54, 1.807) is 0 Å². The van der Waals surface area contributed by atoms with Gasteiger partial charge in [-0.2, -0.15) is 0 Å². The first-order valence-corrected chi connectivity index (χ1v) is 11.6. The van der Waals surface area contributed by atoms with Gasteiger partial charge < -0.3 is 9.47 Å². The van der Waals surface area contributed by atoms with E-state index >= 15 is 0 Å². The molecule has 1 unspecified atom stereocenters. The third-order valence-electron chi connectivity index (χ3n) is 5.24. The highest BCUT2D eigenvalue weighted by Crippen LogP contribution is 2.24. The minimum atomic E-state index is -1.38. The Hall–Kier alpha value is -1.58. The van der Waals surface area contributed by atoms with Crippen LogP contribution in [0.1, 0.15) is 110 Å². The first-order chi connectivity index (χ1) is 14.0. The van der Waals surface area contributed by atoms with E-state index in [1.165, 1.54) is 89.7 Å². The predicted molar refractivity (Wildman–Crippen MR) is 121 cm³/mol. The lowest BCUT2D eigenvalue weighted by Gasteiger charge is -2.27. The van der Waals surface area contributed by atoms with Crippen molar-refractivity contribution in [3.63, 3.8) is 0 Å². The number of carbonyl (C=O) groups excluding carboxylic acids is 2. The molecule has 0 heterocycles. The minimum absolute atomic E-state index is 0.0917. The number of ether oxygens (including phenoxy) is 2. The van der Waals surface area contributed by atoms with Gasteiger partial charge in [-0.3, -0.25) is 4.79 Å². The molecule has 0 rings (SSSR count). The highest BCUT2D eigenvalue weighted by Gasteiger charge is 2.39. The van der Waals surface area contributed by atoms with E-state index in [-0.39, 0.29) is 6.61 Å². The number of hydrogen-bond acceptors (Lipinski definition) is 4. The molecule has 168 valence electrons. The van der Waals surface area contributed by atoms with Crippen LogP contribution in [0, 0.1) is 0 Å². The average molecular weight is 409 g/mol. The molecule has 0 aromatic rings. The maximum Gasteiger partial charge on any atom is 0.355 e. The Morgan fingerprint density at radius 2 is 1.24 bits per heavy atom. The predicted octanol–water partition coefficient (Wildman–Crippen LogP) is 7.07. The van der Waals surface area contributed by atoms with Crippen LogP contribution in [0.4, 0.5) is 0 Å². The van der Waals surface area contributed by atoms with Crippen LogP contribution in [-0.2, 0) is 19.1 Å². The van der Waals surface area contributed by atoms with E-state index < -0.39 is 17.5 Å². The zero-order valence-corrected chi connectivity index (χ0v) is 19.0.